The van der Waals surface area contributed by atoms with Gasteiger partial charge in [-0.2, -0.15) is 4.31 Å². The molecule has 1 fully saturated rings. The summed E-state index contributed by atoms with van der Waals surface area (Å²) in [5, 5.41) is 2.80. The molecule has 1 amide bonds. The third kappa shape index (κ3) is 5.33. The lowest BCUT2D eigenvalue weighted by molar-refractivity contribution is -0.122. The van der Waals surface area contributed by atoms with Gasteiger partial charge in [0.05, 0.1) is 6.61 Å². The minimum absolute atomic E-state index is 0.0799. The summed E-state index contributed by atoms with van der Waals surface area (Å²) >= 11 is 0. The molecule has 0 spiro atoms. The monoisotopic (exact) mass is 472 g/mol. The molecule has 2 aliphatic rings. The lowest BCUT2D eigenvalue weighted by Crippen LogP contribution is -2.36. The molecule has 1 N–H and O–H groups in total. The van der Waals surface area contributed by atoms with Crippen molar-refractivity contribution in [3.63, 3.8) is 0 Å². The fourth-order valence-corrected chi connectivity index (χ4v) is 6.10. The topological polar surface area (TPSA) is 84.9 Å². The molecule has 1 saturated heterocycles. The number of carbonyl (C=O) groups is 1. The number of carbonyl (C=O) groups excluding carboxylic acids is 1. The first kappa shape index (κ1) is 23.6. The molecular weight excluding hydrogens is 440 g/mol. The van der Waals surface area contributed by atoms with Gasteiger partial charge < -0.3 is 14.8 Å². The zero-order valence-corrected chi connectivity index (χ0v) is 20.1. The van der Waals surface area contributed by atoms with Gasteiger partial charge in [-0.05, 0) is 87.4 Å². The van der Waals surface area contributed by atoms with Crippen LogP contribution in [0.25, 0.3) is 0 Å². The molecule has 0 saturated carbocycles. The van der Waals surface area contributed by atoms with Gasteiger partial charge in [0.1, 0.15) is 16.4 Å². The summed E-state index contributed by atoms with van der Waals surface area (Å²) in [5.74, 6) is 0.614. The first-order valence-electron chi connectivity index (χ1n) is 11.7. The highest BCUT2D eigenvalue weighted by molar-refractivity contribution is 7.89. The Balaban J connectivity index is 1.50. The van der Waals surface area contributed by atoms with Crippen LogP contribution in [0.2, 0.25) is 0 Å². The number of fused-ring (bicyclic) bond motifs is 1. The third-order valence-electron chi connectivity index (χ3n) is 6.20. The maximum absolute atomic E-state index is 13.3. The molecule has 1 unspecified atom stereocenters. The number of nitrogens with zero attached hydrogens (tertiary/aromatic N) is 1. The van der Waals surface area contributed by atoms with Crippen molar-refractivity contribution in [1.29, 1.82) is 0 Å². The molecule has 1 aliphatic carbocycles. The van der Waals surface area contributed by atoms with Crippen LogP contribution >= 0.6 is 0 Å². The summed E-state index contributed by atoms with van der Waals surface area (Å²) in [6, 6.07) is 10.7. The van der Waals surface area contributed by atoms with E-state index in [-0.39, 0.29) is 10.8 Å². The van der Waals surface area contributed by atoms with Crippen molar-refractivity contribution in [1.82, 2.24) is 4.31 Å². The second-order valence-electron chi connectivity index (χ2n) is 8.59. The number of rotatable bonds is 8. The van der Waals surface area contributed by atoms with Gasteiger partial charge in [-0.3, -0.25) is 4.79 Å². The molecule has 1 heterocycles. The van der Waals surface area contributed by atoms with Gasteiger partial charge in [0.25, 0.3) is 5.91 Å². The molecule has 1 aliphatic heterocycles. The highest BCUT2D eigenvalue weighted by Crippen LogP contribution is 2.32. The number of nitrogens with one attached hydrogen (secondary N) is 1. The third-order valence-corrected chi connectivity index (χ3v) is 8.12. The number of anilines is 1. The molecular formula is C25H32N2O5S. The first-order valence-corrected chi connectivity index (χ1v) is 13.2. The fourth-order valence-electron chi connectivity index (χ4n) is 4.43. The number of hydrogen-bond acceptors (Lipinski definition) is 5. The van der Waals surface area contributed by atoms with Gasteiger partial charge in [-0.1, -0.05) is 12.5 Å². The molecule has 178 valence electrons. The van der Waals surface area contributed by atoms with E-state index < -0.39 is 16.1 Å². The molecule has 2 aromatic carbocycles. The summed E-state index contributed by atoms with van der Waals surface area (Å²) in [7, 11) is -3.72. The average molecular weight is 473 g/mol. The quantitative estimate of drug-likeness (QED) is 0.624. The van der Waals surface area contributed by atoms with Crippen LogP contribution in [-0.4, -0.2) is 44.4 Å². The van der Waals surface area contributed by atoms with Crippen molar-refractivity contribution in [3.05, 3.63) is 47.5 Å². The number of ether oxygens (including phenoxy) is 2. The molecule has 2 aromatic rings. The predicted molar refractivity (Wildman–Crippen MR) is 127 cm³/mol. The van der Waals surface area contributed by atoms with E-state index in [9.17, 15) is 13.2 Å². The van der Waals surface area contributed by atoms with E-state index in [0.717, 1.165) is 38.5 Å². The van der Waals surface area contributed by atoms with E-state index >= 15 is 0 Å². The SMILES string of the molecule is CCOc1ccc(NC(=O)C(C)Oc2ccc3c(c2)CCC3)cc1S(=O)(=O)N1CCCCC1. The van der Waals surface area contributed by atoms with Gasteiger partial charge in [0.2, 0.25) is 10.0 Å². The zero-order valence-electron chi connectivity index (χ0n) is 19.3. The Morgan fingerprint density at radius 3 is 2.55 bits per heavy atom. The maximum Gasteiger partial charge on any atom is 0.265 e. The molecule has 4 rings (SSSR count). The fraction of sp³-hybridized carbons (Fsp3) is 0.480. The lowest BCUT2D eigenvalue weighted by atomic mass is 10.1. The van der Waals surface area contributed by atoms with Crippen molar-refractivity contribution in [2.24, 2.45) is 0 Å². The standard InChI is InChI=1S/C25H32N2O5S/c1-3-31-23-13-11-21(17-24(23)33(29,30)27-14-5-4-6-15-27)26-25(28)18(2)32-22-12-10-19-8-7-9-20(19)16-22/h10-13,16-18H,3-9,14-15H2,1-2H3,(H,26,28). The minimum atomic E-state index is -3.72. The van der Waals surface area contributed by atoms with Crippen molar-refractivity contribution >= 4 is 21.6 Å². The number of aryl methyl sites for hydroxylation is 2. The van der Waals surface area contributed by atoms with Gasteiger partial charge in [0, 0.05) is 18.8 Å². The molecule has 0 bridgehead atoms. The van der Waals surface area contributed by atoms with E-state index in [0.29, 0.717) is 36.9 Å². The van der Waals surface area contributed by atoms with Crippen LogP contribution in [0.1, 0.15) is 50.7 Å². The van der Waals surface area contributed by atoms with Crippen molar-refractivity contribution < 1.29 is 22.7 Å². The largest absolute Gasteiger partial charge is 0.492 e. The van der Waals surface area contributed by atoms with Crippen LogP contribution < -0.4 is 14.8 Å². The van der Waals surface area contributed by atoms with Crippen LogP contribution in [-0.2, 0) is 27.7 Å². The van der Waals surface area contributed by atoms with Gasteiger partial charge in [0.15, 0.2) is 6.10 Å². The summed E-state index contributed by atoms with van der Waals surface area (Å²) < 4.78 is 39.6. The van der Waals surface area contributed by atoms with Crippen LogP contribution in [0.4, 0.5) is 5.69 Å². The highest BCUT2D eigenvalue weighted by atomic mass is 32.2. The van der Waals surface area contributed by atoms with Crippen molar-refractivity contribution in [2.45, 2.75) is 63.4 Å². The lowest BCUT2D eigenvalue weighted by Gasteiger charge is -2.27. The maximum atomic E-state index is 13.3. The number of sulfonamides is 1. The number of amides is 1. The van der Waals surface area contributed by atoms with E-state index in [4.69, 9.17) is 9.47 Å². The smallest absolute Gasteiger partial charge is 0.265 e. The predicted octanol–water partition coefficient (Wildman–Crippen LogP) is 4.15. The normalized spacial score (nSPS) is 17.3. The molecule has 1 atom stereocenters. The Kier molecular flexibility index (Phi) is 7.24. The molecule has 7 nitrogen and oxygen atoms in total. The Morgan fingerprint density at radius 2 is 1.79 bits per heavy atom. The number of hydrogen-bond donors (Lipinski definition) is 1. The summed E-state index contributed by atoms with van der Waals surface area (Å²) in [4.78, 5) is 12.9. The average Bonchev–Trinajstić information content (AvgIpc) is 3.28. The summed E-state index contributed by atoms with van der Waals surface area (Å²) in [6.45, 7) is 4.83. The Morgan fingerprint density at radius 1 is 1.03 bits per heavy atom. The van der Waals surface area contributed by atoms with Gasteiger partial charge in [-0.15, -0.1) is 0 Å². The van der Waals surface area contributed by atoms with E-state index in [1.165, 1.54) is 21.5 Å². The highest BCUT2D eigenvalue weighted by Gasteiger charge is 2.29. The second kappa shape index (κ2) is 10.1. The van der Waals surface area contributed by atoms with Crippen LogP contribution in [0.15, 0.2) is 41.3 Å². The summed E-state index contributed by atoms with van der Waals surface area (Å²) in [6.07, 6.45) is 5.25. The van der Waals surface area contributed by atoms with Gasteiger partial charge >= 0.3 is 0 Å². The van der Waals surface area contributed by atoms with Crippen LogP contribution in [0.5, 0.6) is 11.5 Å². The summed E-state index contributed by atoms with van der Waals surface area (Å²) in [5.41, 5.74) is 3.01. The number of benzene rings is 2. The Bertz CT molecular complexity index is 1110. The van der Waals surface area contributed by atoms with E-state index in [1.54, 1.807) is 19.1 Å². The van der Waals surface area contributed by atoms with E-state index in [2.05, 4.69) is 11.4 Å². The van der Waals surface area contributed by atoms with Crippen molar-refractivity contribution in [2.75, 3.05) is 25.0 Å². The first-order chi connectivity index (χ1) is 15.9. The van der Waals surface area contributed by atoms with Crippen LogP contribution in [0, 0.1) is 0 Å². The molecule has 0 radical (unpaired) electrons. The molecule has 8 heteroatoms. The Hall–Kier alpha value is -2.58. The minimum Gasteiger partial charge on any atom is -0.492 e. The molecule has 0 aromatic heterocycles. The van der Waals surface area contributed by atoms with Crippen molar-refractivity contribution in [3.8, 4) is 11.5 Å². The zero-order chi connectivity index (χ0) is 23.4. The Labute approximate surface area is 196 Å². The number of piperidine rings is 1. The second-order valence-corrected chi connectivity index (χ2v) is 10.5. The molecule has 33 heavy (non-hydrogen) atoms. The van der Waals surface area contributed by atoms with Crippen LogP contribution in [0.3, 0.4) is 0 Å². The van der Waals surface area contributed by atoms with Gasteiger partial charge in [-0.25, -0.2) is 8.42 Å². The van der Waals surface area contributed by atoms with E-state index in [1.807, 2.05) is 19.1 Å².